The van der Waals surface area contributed by atoms with Crippen LogP contribution in [0.2, 0.25) is 0 Å². The lowest BCUT2D eigenvalue weighted by Crippen LogP contribution is -2.42. The predicted molar refractivity (Wildman–Crippen MR) is 69.2 cm³/mol. The number of hydrogen-bond acceptors (Lipinski definition) is 3. The molecule has 5 heteroatoms. The summed E-state index contributed by atoms with van der Waals surface area (Å²) in [6.45, 7) is 2.38. The fourth-order valence-electron chi connectivity index (χ4n) is 1.93. The van der Waals surface area contributed by atoms with Crippen LogP contribution in [0.5, 0.6) is 5.75 Å². The topological polar surface area (TPSA) is 75.6 Å². The normalized spacial score (nSPS) is 15.6. The minimum Gasteiger partial charge on any atom is -0.494 e. The first-order valence-electron chi connectivity index (χ1n) is 6.38. The van der Waals surface area contributed by atoms with Crippen LogP contribution < -0.4 is 10.1 Å². The van der Waals surface area contributed by atoms with Crippen molar-refractivity contribution in [3.63, 3.8) is 0 Å². The fraction of sp³-hybridized carbons (Fsp3) is 0.429. The van der Waals surface area contributed by atoms with Gasteiger partial charge >= 0.3 is 5.97 Å². The number of rotatable bonds is 6. The van der Waals surface area contributed by atoms with Crippen LogP contribution in [-0.4, -0.2) is 29.6 Å². The smallest absolute Gasteiger partial charge is 0.326 e. The van der Waals surface area contributed by atoms with E-state index in [1.165, 1.54) is 0 Å². The molecule has 1 aromatic carbocycles. The molecule has 1 amide bonds. The Morgan fingerprint density at radius 1 is 1.47 bits per heavy atom. The van der Waals surface area contributed by atoms with E-state index in [2.05, 4.69) is 5.32 Å². The van der Waals surface area contributed by atoms with Gasteiger partial charge in [-0.25, -0.2) is 4.79 Å². The average molecular weight is 263 g/mol. The molecule has 0 radical (unpaired) electrons. The third kappa shape index (κ3) is 3.47. The minimum atomic E-state index is -0.975. The SMILES string of the molecule is CCOc1cccc(C(=O)NC(C(=O)O)C2CC2)c1. The Hall–Kier alpha value is -2.04. The highest BCUT2D eigenvalue weighted by Crippen LogP contribution is 2.32. The summed E-state index contributed by atoms with van der Waals surface area (Å²) in [4.78, 5) is 23.1. The molecule has 102 valence electrons. The summed E-state index contributed by atoms with van der Waals surface area (Å²) in [6, 6.07) is 5.94. The van der Waals surface area contributed by atoms with Gasteiger partial charge in [0.15, 0.2) is 0 Å². The van der Waals surface area contributed by atoms with Crippen molar-refractivity contribution in [3.05, 3.63) is 29.8 Å². The molecule has 0 aliphatic heterocycles. The van der Waals surface area contributed by atoms with E-state index >= 15 is 0 Å². The number of carboxylic acids is 1. The predicted octanol–water partition coefficient (Wildman–Crippen LogP) is 1.68. The first-order chi connectivity index (χ1) is 9.11. The number of ether oxygens (including phenoxy) is 1. The molecule has 0 saturated heterocycles. The summed E-state index contributed by atoms with van der Waals surface area (Å²) in [5.41, 5.74) is 0.415. The number of hydrogen-bond donors (Lipinski definition) is 2. The number of aliphatic carboxylic acids is 1. The molecule has 2 N–H and O–H groups in total. The lowest BCUT2D eigenvalue weighted by Gasteiger charge is -2.14. The second-order valence-corrected chi connectivity index (χ2v) is 4.59. The van der Waals surface area contributed by atoms with Crippen molar-refractivity contribution in [1.29, 1.82) is 0 Å². The van der Waals surface area contributed by atoms with Crippen molar-refractivity contribution in [2.75, 3.05) is 6.61 Å². The van der Waals surface area contributed by atoms with Crippen LogP contribution in [0.1, 0.15) is 30.1 Å². The number of nitrogens with one attached hydrogen (secondary N) is 1. The van der Waals surface area contributed by atoms with Gasteiger partial charge in [-0.2, -0.15) is 0 Å². The van der Waals surface area contributed by atoms with E-state index in [4.69, 9.17) is 9.84 Å². The Labute approximate surface area is 111 Å². The van der Waals surface area contributed by atoms with E-state index in [1.807, 2.05) is 6.92 Å². The molecule has 2 rings (SSSR count). The molecule has 1 aliphatic carbocycles. The first-order valence-corrected chi connectivity index (χ1v) is 6.38. The molecule has 0 spiro atoms. The van der Waals surface area contributed by atoms with Gasteiger partial charge in [0.25, 0.3) is 5.91 Å². The van der Waals surface area contributed by atoms with Crippen LogP contribution >= 0.6 is 0 Å². The number of benzene rings is 1. The molecule has 0 aromatic heterocycles. The highest BCUT2D eigenvalue weighted by Gasteiger charge is 2.37. The van der Waals surface area contributed by atoms with E-state index in [1.54, 1.807) is 24.3 Å². The van der Waals surface area contributed by atoms with Gasteiger partial charge in [-0.1, -0.05) is 6.07 Å². The van der Waals surface area contributed by atoms with Gasteiger partial charge in [-0.3, -0.25) is 4.79 Å². The van der Waals surface area contributed by atoms with Crippen molar-refractivity contribution in [3.8, 4) is 5.75 Å². The zero-order chi connectivity index (χ0) is 13.8. The standard InChI is InChI=1S/C14H17NO4/c1-2-19-11-5-3-4-10(8-11)13(16)15-12(14(17)18)9-6-7-9/h3-5,8-9,12H,2,6-7H2,1H3,(H,15,16)(H,17,18). The number of carbonyl (C=O) groups is 2. The summed E-state index contributed by atoms with van der Waals surface area (Å²) in [5.74, 6) is -0.678. The maximum atomic E-state index is 12.0. The Balaban J connectivity index is 2.06. The van der Waals surface area contributed by atoms with E-state index in [0.29, 0.717) is 17.9 Å². The van der Waals surface area contributed by atoms with Crippen LogP contribution in [0, 0.1) is 5.92 Å². The minimum absolute atomic E-state index is 0.0662. The molecule has 19 heavy (non-hydrogen) atoms. The quantitative estimate of drug-likeness (QED) is 0.818. The van der Waals surface area contributed by atoms with Crippen molar-refractivity contribution < 1.29 is 19.4 Å². The average Bonchev–Trinajstić information content (AvgIpc) is 3.20. The number of amides is 1. The molecule has 1 saturated carbocycles. The van der Waals surface area contributed by atoms with E-state index in [9.17, 15) is 9.59 Å². The maximum Gasteiger partial charge on any atom is 0.326 e. The van der Waals surface area contributed by atoms with Gasteiger partial charge in [0.2, 0.25) is 0 Å². The highest BCUT2D eigenvalue weighted by atomic mass is 16.5. The summed E-state index contributed by atoms with van der Waals surface area (Å²) in [6.07, 6.45) is 1.71. The fourth-order valence-corrected chi connectivity index (χ4v) is 1.93. The molecule has 0 heterocycles. The highest BCUT2D eigenvalue weighted by molar-refractivity contribution is 5.97. The molecule has 5 nitrogen and oxygen atoms in total. The van der Waals surface area contributed by atoms with Crippen LogP contribution in [0.25, 0.3) is 0 Å². The maximum absolute atomic E-state index is 12.0. The van der Waals surface area contributed by atoms with E-state index < -0.39 is 12.0 Å². The Morgan fingerprint density at radius 3 is 2.79 bits per heavy atom. The van der Waals surface area contributed by atoms with Gasteiger partial charge in [0.05, 0.1) is 6.61 Å². The lowest BCUT2D eigenvalue weighted by atomic mass is 10.1. The second kappa shape index (κ2) is 5.73. The molecule has 1 atom stereocenters. The van der Waals surface area contributed by atoms with Gasteiger partial charge in [0, 0.05) is 5.56 Å². The largest absolute Gasteiger partial charge is 0.494 e. The molecule has 1 unspecified atom stereocenters. The zero-order valence-corrected chi connectivity index (χ0v) is 10.8. The van der Waals surface area contributed by atoms with E-state index in [-0.39, 0.29) is 11.8 Å². The molecule has 1 aromatic rings. The summed E-state index contributed by atoms with van der Waals surface area (Å²) in [7, 11) is 0. The Kier molecular flexibility index (Phi) is 4.04. The molecule has 1 fully saturated rings. The second-order valence-electron chi connectivity index (χ2n) is 4.59. The molecular weight excluding hydrogens is 246 g/mol. The third-order valence-electron chi connectivity index (χ3n) is 3.05. The van der Waals surface area contributed by atoms with E-state index in [0.717, 1.165) is 12.8 Å². The van der Waals surface area contributed by atoms with Gasteiger partial charge in [-0.05, 0) is 43.9 Å². The Bertz CT molecular complexity index is 482. The molecule has 0 bridgehead atoms. The molecular formula is C14H17NO4. The van der Waals surface area contributed by atoms with Crippen molar-refractivity contribution in [1.82, 2.24) is 5.32 Å². The third-order valence-corrected chi connectivity index (χ3v) is 3.05. The monoisotopic (exact) mass is 263 g/mol. The molecule has 1 aliphatic rings. The van der Waals surface area contributed by atoms with Gasteiger partial charge in [-0.15, -0.1) is 0 Å². The first kappa shape index (κ1) is 13.4. The summed E-state index contributed by atoms with van der Waals surface area (Å²) >= 11 is 0. The lowest BCUT2D eigenvalue weighted by molar-refractivity contribution is -0.139. The van der Waals surface area contributed by atoms with Crippen LogP contribution in [0.15, 0.2) is 24.3 Å². The van der Waals surface area contributed by atoms with Gasteiger partial charge in [0.1, 0.15) is 11.8 Å². The van der Waals surface area contributed by atoms with Gasteiger partial charge < -0.3 is 15.2 Å². The van der Waals surface area contributed by atoms with Crippen LogP contribution in [0.3, 0.4) is 0 Å². The number of carbonyl (C=O) groups excluding carboxylic acids is 1. The summed E-state index contributed by atoms with van der Waals surface area (Å²) in [5, 5.41) is 11.6. The van der Waals surface area contributed by atoms with Crippen LogP contribution in [0.4, 0.5) is 0 Å². The Morgan fingerprint density at radius 2 is 2.21 bits per heavy atom. The van der Waals surface area contributed by atoms with Crippen LogP contribution in [-0.2, 0) is 4.79 Å². The van der Waals surface area contributed by atoms with Crippen molar-refractivity contribution in [2.24, 2.45) is 5.92 Å². The van der Waals surface area contributed by atoms with Crippen molar-refractivity contribution in [2.45, 2.75) is 25.8 Å². The summed E-state index contributed by atoms with van der Waals surface area (Å²) < 4.78 is 5.31. The zero-order valence-electron chi connectivity index (χ0n) is 10.8. The van der Waals surface area contributed by atoms with Crippen molar-refractivity contribution >= 4 is 11.9 Å². The number of carboxylic acid groups (broad SMARTS) is 1.